The van der Waals surface area contributed by atoms with Crippen LogP contribution in [0.5, 0.6) is 0 Å². The van der Waals surface area contributed by atoms with Crippen molar-refractivity contribution < 1.29 is 0 Å². The predicted octanol–water partition coefficient (Wildman–Crippen LogP) is 2.50. The van der Waals surface area contributed by atoms with Crippen LogP contribution in [0.3, 0.4) is 0 Å². The lowest BCUT2D eigenvalue weighted by molar-refractivity contribution is 0.228. The van der Waals surface area contributed by atoms with E-state index in [1.54, 1.807) is 0 Å². The van der Waals surface area contributed by atoms with Crippen LogP contribution < -0.4 is 5.32 Å². The average Bonchev–Trinajstić information content (AvgIpc) is 2.50. The van der Waals surface area contributed by atoms with Crippen molar-refractivity contribution in [3.63, 3.8) is 0 Å². The number of likely N-dealkylation sites (tertiary alicyclic amines) is 1. The summed E-state index contributed by atoms with van der Waals surface area (Å²) < 4.78 is 0. The molecule has 17 heavy (non-hydrogen) atoms. The second kappa shape index (κ2) is 7.03. The summed E-state index contributed by atoms with van der Waals surface area (Å²) in [5.74, 6) is 3.40. The first-order valence-corrected chi connectivity index (χ1v) is 7.00. The second-order valence-electron chi connectivity index (χ2n) is 5.81. The van der Waals surface area contributed by atoms with Crippen molar-refractivity contribution in [2.45, 2.75) is 65.1 Å². The third-order valence-corrected chi connectivity index (χ3v) is 3.75. The van der Waals surface area contributed by atoms with Crippen LogP contribution >= 0.6 is 0 Å². The Hall–Kier alpha value is -0.520. The Kier molecular flexibility index (Phi) is 6.02. The fourth-order valence-electron chi connectivity index (χ4n) is 2.49. The summed E-state index contributed by atoms with van der Waals surface area (Å²) in [4.78, 5) is 2.57. The highest BCUT2D eigenvalue weighted by Crippen LogP contribution is 2.15. The van der Waals surface area contributed by atoms with Gasteiger partial charge in [0.05, 0.1) is 6.04 Å². The molecular weight excluding hydrogens is 208 g/mol. The predicted molar refractivity (Wildman–Crippen MR) is 74.9 cm³/mol. The second-order valence-corrected chi connectivity index (χ2v) is 5.81. The van der Waals surface area contributed by atoms with Gasteiger partial charge in [-0.05, 0) is 52.1 Å². The summed E-state index contributed by atoms with van der Waals surface area (Å²) in [6, 6.07) is 1.50. The van der Waals surface area contributed by atoms with Gasteiger partial charge in [0.2, 0.25) is 0 Å². The van der Waals surface area contributed by atoms with E-state index in [1.807, 2.05) is 0 Å². The van der Waals surface area contributed by atoms with Crippen molar-refractivity contribution >= 4 is 0 Å². The van der Waals surface area contributed by atoms with Gasteiger partial charge in [-0.25, -0.2) is 0 Å². The van der Waals surface area contributed by atoms with Gasteiger partial charge in [-0.3, -0.25) is 0 Å². The van der Waals surface area contributed by atoms with E-state index in [1.165, 1.54) is 32.4 Å². The number of nitrogens with zero attached hydrogens (tertiary/aromatic N) is 1. The Morgan fingerprint density at radius 2 is 1.88 bits per heavy atom. The first-order chi connectivity index (χ1) is 8.04. The lowest BCUT2D eigenvalue weighted by Crippen LogP contribution is -2.41. The summed E-state index contributed by atoms with van der Waals surface area (Å²) in [5.41, 5.74) is 0. The minimum absolute atomic E-state index is 0.227. The number of rotatable bonds is 4. The van der Waals surface area contributed by atoms with E-state index in [9.17, 15) is 0 Å². The normalized spacial score (nSPS) is 24.6. The highest BCUT2D eigenvalue weighted by atomic mass is 15.1. The first kappa shape index (κ1) is 14.5. The summed E-state index contributed by atoms with van der Waals surface area (Å²) in [7, 11) is 0. The molecule has 0 aliphatic carbocycles. The minimum atomic E-state index is 0.227. The molecule has 1 N–H and O–H groups in total. The molecule has 0 aromatic carbocycles. The fraction of sp³-hybridized carbons (Fsp3) is 0.867. The van der Waals surface area contributed by atoms with Gasteiger partial charge in [0, 0.05) is 12.1 Å². The molecule has 1 aliphatic heterocycles. The van der Waals surface area contributed by atoms with Crippen molar-refractivity contribution in [3.8, 4) is 12.3 Å². The molecule has 0 spiro atoms. The van der Waals surface area contributed by atoms with Crippen molar-refractivity contribution in [3.05, 3.63) is 0 Å². The Balaban J connectivity index is 2.44. The molecule has 2 unspecified atom stereocenters. The van der Waals surface area contributed by atoms with E-state index in [0.717, 1.165) is 0 Å². The molecule has 1 heterocycles. The van der Waals surface area contributed by atoms with Crippen molar-refractivity contribution in [1.82, 2.24) is 10.2 Å². The number of hydrogen-bond donors (Lipinski definition) is 1. The molecule has 0 aromatic heterocycles. The van der Waals surface area contributed by atoms with Crippen LogP contribution in [0.1, 0.15) is 47.0 Å². The van der Waals surface area contributed by atoms with Crippen LogP contribution in [0.15, 0.2) is 0 Å². The Morgan fingerprint density at radius 1 is 1.18 bits per heavy atom. The summed E-state index contributed by atoms with van der Waals surface area (Å²) in [5, 5.41) is 3.64. The smallest absolute Gasteiger partial charge is 0.0712 e. The molecule has 1 aliphatic rings. The molecule has 2 nitrogen and oxygen atoms in total. The largest absolute Gasteiger partial charge is 0.301 e. The third kappa shape index (κ3) is 4.69. The first-order valence-electron chi connectivity index (χ1n) is 7.00. The highest BCUT2D eigenvalue weighted by molar-refractivity contribution is 5.01. The van der Waals surface area contributed by atoms with Crippen molar-refractivity contribution in [1.29, 1.82) is 0 Å². The van der Waals surface area contributed by atoms with Gasteiger partial charge in [0.1, 0.15) is 0 Å². The summed E-state index contributed by atoms with van der Waals surface area (Å²) in [6.07, 6.45) is 9.35. The third-order valence-electron chi connectivity index (χ3n) is 3.75. The van der Waals surface area contributed by atoms with Gasteiger partial charge in [-0.2, -0.15) is 0 Å². The highest BCUT2D eigenvalue weighted by Gasteiger charge is 2.21. The van der Waals surface area contributed by atoms with E-state index in [2.05, 4.69) is 43.8 Å². The van der Waals surface area contributed by atoms with Crippen LogP contribution in [-0.4, -0.2) is 36.1 Å². The molecule has 1 fully saturated rings. The number of terminal acetylenes is 1. The Bertz CT molecular complexity index is 252. The van der Waals surface area contributed by atoms with Gasteiger partial charge in [-0.1, -0.05) is 19.8 Å². The monoisotopic (exact) mass is 236 g/mol. The zero-order valence-corrected chi connectivity index (χ0v) is 11.9. The maximum atomic E-state index is 5.58. The van der Waals surface area contributed by atoms with Crippen molar-refractivity contribution in [2.24, 2.45) is 5.92 Å². The zero-order valence-electron chi connectivity index (χ0n) is 11.9. The molecule has 98 valence electrons. The van der Waals surface area contributed by atoms with Gasteiger partial charge in [-0.15, -0.1) is 6.42 Å². The number of nitrogens with one attached hydrogen (secondary N) is 1. The van der Waals surface area contributed by atoms with Gasteiger partial charge in [0.25, 0.3) is 0 Å². The summed E-state index contributed by atoms with van der Waals surface area (Å²) >= 11 is 0. The molecular formula is C15H28N2. The quantitative estimate of drug-likeness (QED) is 0.755. The number of hydrogen-bond acceptors (Lipinski definition) is 2. The van der Waals surface area contributed by atoms with Gasteiger partial charge < -0.3 is 10.2 Å². The van der Waals surface area contributed by atoms with Crippen LogP contribution in [0, 0.1) is 18.3 Å². The lowest BCUT2D eigenvalue weighted by Gasteiger charge is -2.26. The minimum Gasteiger partial charge on any atom is -0.301 e. The topological polar surface area (TPSA) is 15.3 Å². The SMILES string of the molecule is C#CC(NC1CCCN(C(C)C)CC1)C(C)C. The van der Waals surface area contributed by atoms with E-state index >= 15 is 0 Å². The van der Waals surface area contributed by atoms with Gasteiger partial charge in [0.15, 0.2) is 0 Å². The zero-order chi connectivity index (χ0) is 12.8. The molecule has 2 heteroatoms. The molecule has 0 saturated carbocycles. The maximum Gasteiger partial charge on any atom is 0.0712 e. The molecule has 1 rings (SSSR count). The van der Waals surface area contributed by atoms with Crippen LogP contribution in [-0.2, 0) is 0 Å². The fourth-order valence-corrected chi connectivity index (χ4v) is 2.49. The maximum absolute atomic E-state index is 5.58. The van der Waals surface area contributed by atoms with E-state index < -0.39 is 0 Å². The van der Waals surface area contributed by atoms with E-state index in [4.69, 9.17) is 6.42 Å². The Labute approximate surface area is 107 Å². The molecule has 1 saturated heterocycles. The molecule has 0 aromatic rings. The summed E-state index contributed by atoms with van der Waals surface area (Å²) in [6.45, 7) is 11.4. The van der Waals surface area contributed by atoms with E-state index in [0.29, 0.717) is 18.0 Å². The van der Waals surface area contributed by atoms with Crippen LogP contribution in [0.25, 0.3) is 0 Å². The molecule has 0 amide bonds. The Morgan fingerprint density at radius 3 is 2.41 bits per heavy atom. The van der Waals surface area contributed by atoms with Gasteiger partial charge >= 0.3 is 0 Å². The molecule has 0 radical (unpaired) electrons. The van der Waals surface area contributed by atoms with Crippen LogP contribution in [0.2, 0.25) is 0 Å². The molecule has 2 atom stereocenters. The average molecular weight is 236 g/mol. The lowest BCUT2D eigenvalue weighted by atomic mass is 10.0. The van der Waals surface area contributed by atoms with Crippen molar-refractivity contribution in [2.75, 3.05) is 13.1 Å². The van der Waals surface area contributed by atoms with Crippen LogP contribution in [0.4, 0.5) is 0 Å². The standard InChI is InChI=1S/C15H28N2/c1-6-15(12(2)3)16-14-8-7-10-17(11-9-14)13(4)5/h1,12-16H,7-11H2,2-5H3. The van der Waals surface area contributed by atoms with E-state index in [-0.39, 0.29) is 6.04 Å². The molecule has 0 bridgehead atoms.